The van der Waals surface area contributed by atoms with Crippen molar-refractivity contribution in [2.45, 2.75) is 150 Å². The Morgan fingerprint density at radius 3 is 1.14 bits per heavy atom. The maximum atomic E-state index is 12.0. The fraction of sp³-hybridized carbons (Fsp3) is 0.647. The minimum atomic E-state index is 0.477. The zero-order chi connectivity index (χ0) is 25.5. The average molecular weight is 519 g/mol. The molecule has 4 saturated carbocycles. The second-order valence-electron chi connectivity index (χ2n) is 12.8. The second-order valence-corrected chi connectivity index (χ2v) is 13.8. The van der Waals surface area contributed by atoms with Gasteiger partial charge in [0.2, 0.25) is 0 Å². The first kappa shape index (κ1) is 25.7. The molecule has 6 rings (SSSR count). The van der Waals surface area contributed by atoms with Gasteiger partial charge in [-0.2, -0.15) is 0 Å². The fourth-order valence-electron chi connectivity index (χ4n) is 8.48. The molecule has 2 N–H and O–H groups in total. The Morgan fingerprint density at radius 1 is 0.514 bits per heavy atom. The molecule has 37 heavy (non-hydrogen) atoms. The monoisotopic (exact) mass is 518 g/mol. The van der Waals surface area contributed by atoms with Crippen molar-refractivity contribution in [2.24, 2.45) is 0 Å². The molecule has 0 amide bonds. The first-order valence-electron chi connectivity index (χ1n) is 15.4. The van der Waals surface area contributed by atoms with Crippen LogP contribution in [0, 0.1) is 13.8 Å². The minimum Gasteiger partial charge on any atom is -0.506 e. The molecule has 0 atom stereocenters. The van der Waals surface area contributed by atoms with Gasteiger partial charge in [0.05, 0.1) is 9.79 Å². The van der Waals surface area contributed by atoms with E-state index in [1.165, 1.54) is 136 Å². The Hall–Kier alpha value is -1.61. The van der Waals surface area contributed by atoms with Crippen molar-refractivity contribution in [3.63, 3.8) is 0 Å². The normalized spacial score (nSPS) is 22.1. The van der Waals surface area contributed by atoms with Gasteiger partial charge in [-0.15, -0.1) is 0 Å². The highest BCUT2D eigenvalue weighted by Gasteiger charge is 2.33. The van der Waals surface area contributed by atoms with E-state index in [2.05, 4.69) is 26.0 Å². The largest absolute Gasteiger partial charge is 0.506 e. The van der Waals surface area contributed by atoms with E-state index < -0.39 is 0 Å². The summed E-state index contributed by atoms with van der Waals surface area (Å²) in [5.74, 6) is 3.08. The Kier molecular flexibility index (Phi) is 7.54. The van der Waals surface area contributed by atoms with Crippen LogP contribution in [0.5, 0.6) is 11.5 Å². The third kappa shape index (κ3) is 4.83. The zero-order valence-electron chi connectivity index (χ0n) is 23.1. The van der Waals surface area contributed by atoms with Crippen molar-refractivity contribution in [2.75, 3.05) is 0 Å². The number of benzene rings is 2. The van der Waals surface area contributed by atoms with Crippen LogP contribution >= 0.6 is 11.8 Å². The van der Waals surface area contributed by atoms with Crippen LogP contribution in [0.15, 0.2) is 21.9 Å². The molecule has 0 bridgehead atoms. The van der Waals surface area contributed by atoms with E-state index in [9.17, 15) is 10.2 Å². The van der Waals surface area contributed by atoms with Gasteiger partial charge in [0.1, 0.15) is 11.5 Å². The highest BCUT2D eigenvalue weighted by atomic mass is 32.2. The van der Waals surface area contributed by atoms with Crippen LogP contribution in [0.25, 0.3) is 0 Å². The van der Waals surface area contributed by atoms with E-state index in [0.717, 1.165) is 9.79 Å². The number of aromatic hydroxyl groups is 2. The number of aryl methyl sites for hydroxylation is 2. The number of hydrogen-bond donors (Lipinski definition) is 2. The van der Waals surface area contributed by atoms with E-state index in [-0.39, 0.29) is 0 Å². The second kappa shape index (κ2) is 10.9. The highest BCUT2D eigenvalue weighted by molar-refractivity contribution is 7.99. The smallest absolute Gasteiger partial charge is 0.133 e. The molecule has 0 aromatic heterocycles. The van der Waals surface area contributed by atoms with Crippen molar-refractivity contribution in [1.29, 1.82) is 0 Å². The summed E-state index contributed by atoms with van der Waals surface area (Å²) in [7, 11) is 0. The summed E-state index contributed by atoms with van der Waals surface area (Å²) in [6.07, 6.45) is 19.9. The van der Waals surface area contributed by atoms with Crippen molar-refractivity contribution < 1.29 is 10.2 Å². The van der Waals surface area contributed by atoms with Gasteiger partial charge in [-0.05, 0) is 122 Å². The van der Waals surface area contributed by atoms with Crippen molar-refractivity contribution in [3.8, 4) is 11.5 Å². The quantitative estimate of drug-likeness (QED) is 0.399. The van der Waals surface area contributed by atoms with E-state index in [0.29, 0.717) is 35.2 Å². The summed E-state index contributed by atoms with van der Waals surface area (Å²) in [6, 6.07) is 4.67. The van der Waals surface area contributed by atoms with E-state index >= 15 is 0 Å². The van der Waals surface area contributed by atoms with Crippen molar-refractivity contribution in [3.05, 3.63) is 45.5 Å². The lowest BCUT2D eigenvalue weighted by atomic mass is 9.87. The van der Waals surface area contributed by atoms with Gasteiger partial charge in [0.15, 0.2) is 0 Å². The van der Waals surface area contributed by atoms with E-state index in [4.69, 9.17) is 0 Å². The highest BCUT2D eigenvalue weighted by Crippen LogP contribution is 2.56. The molecule has 2 aromatic carbocycles. The summed E-state index contributed by atoms with van der Waals surface area (Å²) in [5.41, 5.74) is 7.82. The molecular formula is C34H46O2S. The van der Waals surface area contributed by atoms with Crippen molar-refractivity contribution >= 4 is 11.8 Å². The average Bonchev–Trinajstić information content (AvgIpc) is 3.71. The number of phenols is 2. The predicted molar refractivity (Wildman–Crippen MR) is 155 cm³/mol. The van der Waals surface area contributed by atoms with Crippen LogP contribution in [0.4, 0.5) is 0 Å². The van der Waals surface area contributed by atoms with Gasteiger partial charge >= 0.3 is 0 Å². The summed E-state index contributed by atoms with van der Waals surface area (Å²) in [4.78, 5) is 2.15. The third-order valence-electron chi connectivity index (χ3n) is 10.4. The van der Waals surface area contributed by atoms with Gasteiger partial charge < -0.3 is 10.2 Å². The summed E-state index contributed by atoms with van der Waals surface area (Å²) in [6.45, 7) is 4.57. The van der Waals surface area contributed by atoms with Crippen LogP contribution in [-0.2, 0) is 0 Å². The van der Waals surface area contributed by atoms with Crippen LogP contribution < -0.4 is 0 Å². The van der Waals surface area contributed by atoms with E-state index in [1.54, 1.807) is 11.8 Å². The first-order chi connectivity index (χ1) is 18.0. The zero-order valence-corrected chi connectivity index (χ0v) is 23.9. The summed E-state index contributed by atoms with van der Waals surface area (Å²) >= 11 is 1.74. The molecule has 0 saturated heterocycles. The summed E-state index contributed by atoms with van der Waals surface area (Å²) < 4.78 is 0. The fourth-order valence-corrected chi connectivity index (χ4v) is 9.99. The number of rotatable bonds is 6. The minimum absolute atomic E-state index is 0.477. The molecule has 4 aliphatic rings. The van der Waals surface area contributed by atoms with Crippen molar-refractivity contribution in [1.82, 2.24) is 0 Å². The lowest BCUT2D eigenvalue weighted by Crippen LogP contribution is -2.06. The molecule has 0 heterocycles. The maximum absolute atomic E-state index is 12.0. The summed E-state index contributed by atoms with van der Waals surface area (Å²) in [5, 5.41) is 23.9. The lowest BCUT2D eigenvalue weighted by molar-refractivity contribution is 0.441. The molecule has 3 heteroatoms. The number of phenolic OH excluding ortho intramolecular Hbond substituents is 2. The molecule has 2 aromatic rings. The predicted octanol–water partition coefficient (Wildman–Crippen LogP) is 10.5. The first-order valence-corrected chi connectivity index (χ1v) is 16.2. The Bertz CT molecular complexity index is 1040. The molecule has 0 radical (unpaired) electrons. The molecule has 4 aliphatic carbocycles. The number of hydrogen-bond acceptors (Lipinski definition) is 3. The standard InChI is InChI=1S/C34H46O2S/c1-21-19-27(23-11-3-4-12-23)31(35)33(29(21)25-15-7-8-16-25)37-34-30(26-17-9-10-18-26)22(2)20-28(32(34)36)24-13-5-6-14-24/h19-20,23-26,35-36H,3-18H2,1-2H3. The van der Waals surface area contributed by atoms with Crippen LogP contribution in [0.2, 0.25) is 0 Å². The van der Waals surface area contributed by atoms with Crippen LogP contribution in [-0.4, -0.2) is 10.2 Å². The van der Waals surface area contributed by atoms with Crippen LogP contribution in [0.3, 0.4) is 0 Å². The Balaban J connectivity index is 1.52. The van der Waals surface area contributed by atoms with Gasteiger partial charge in [-0.25, -0.2) is 0 Å². The lowest BCUT2D eigenvalue weighted by Gasteiger charge is -2.27. The SMILES string of the molecule is Cc1cc(C2CCCC2)c(O)c(Sc2c(O)c(C3CCCC3)cc(C)c2C2CCCC2)c1C1CCCC1. The molecular weight excluding hydrogens is 472 g/mol. The Labute approximate surface area is 228 Å². The topological polar surface area (TPSA) is 40.5 Å². The maximum Gasteiger partial charge on any atom is 0.133 e. The third-order valence-corrected chi connectivity index (χ3v) is 11.6. The molecule has 0 unspecified atom stereocenters. The molecule has 4 fully saturated rings. The van der Waals surface area contributed by atoms with Gasteiger partial charge in [0.25, 0.3) is 0 Å². The van der Waals surface area contributed by atoms with Gasteiger partial charge in [0, 0.05) is 0 Å². The van der Waals surface area contributed by atoms with Gasteiger partial charge in [-0.1, -0.05) is 75.3 Å². The van der Waals surface area contributed by atoms with Crippen LogP contribution in [0.1, 0.15) is 160 Å². The molecule has 0 spiro atoms. The molecule has 2 nitrogen and oxygen atoms in total. The molecule has 200 valence electrons. The van der Waals surface area contributed by atoms with Gasteiger partial charge in [-0.3, -0.25) is 0 Å². The Morgan fingerprint density at radius 2 is 0.811 bits per heavy atom. The van der Waals surface area contributed by atoms with E-state index in [1.807, 2.05) is 0 Å². The molecule has 0 aliphatic heterocycles.